The molecule has 2 aliphatic carbocycles. The van der Waals surface area contributed by atoms with Crippen LogP contribution in [-0.2, 0) is 34.8 Å². The van der Waals surface area contributed by atoms with Crippen LogP contribution < -0.4 is 0 Å². The van der Waals surface area contributed by atoms with Crippen molar-refractivity contribution in [3.05, 3.63) is 72.4 Å². The molecular weight excluding hydrogens is 482 g/mol. The summed E-state index contributed by atoms with van der Waals surface area (Å²) in [5.41, 5.74) is 5.59. The Morgan fingerprint density at radius 3 is 1.93 bits per heavy atom. The number of rotatable bonds is 4. The number of fused-ring (bicyclic) bond motifs is 1. The molecule has 1 aromatic carbocycles. The van der Waals surface area contributed by atoms with Crippen molar-refractivity contribution in [3.63, 3.8) is 0 Å². The number of hydrogen-bond donors (Lipinski definition) is 1. The fourth-order valence-corrected chi connectivity index (χ4v) is 6.56. The third-order valence-electron chi connectivity index (χ3n) is 4.64. The molecule has 0 saturated carbocycles. The summed E-state index contributed by atoms with van der Waals surface area (Å²) >= 11 is 1.16. The molecule has 1 N–H and O–H groups in total. The van der Waals surface area contributed by atoms with Gasteiger partial charge in [-0.25, -0.2) is 0 Å². The Hall–Kier alpha value is -0.447. The molecule has 2 aliphatic rings. The maximum atomic E-state index is 12.3. The van der Waals surface area contributed by atoms with Crippen molar-refractivity contribution in [2.45, 2.75) is 27.7 Å². The first-order valence-corrected chi connectivity index (χ1v) is 11.0. The second-order valence-electron chi connectivity index (χ2n) is 7.03. The Morgan fingerprint density at radius 2 is 1.48 bits per heavy atom. The molecule has 27 heavy (non-hydrogen) atoms. The normalized spacial score (nSPS) is 16.6. The van der Waals surface area contributed by atoms with Crippen molar-refractivity contribution in [1.29, 1.82) is 0 Å². The van der Waals surface area contributed by atoms with Crippen molar-refractivity contribution in [3.8, 4) is 0 Å². The second-order valence-corrected chi connectivity index (χ2v) is 9.62. The van der Waals surface area contributed by atoms with Crippen molar-refractivity contribution in [1.82, 2.24) is 0 Å². The molecule has 0 bridgehead atoms. The van der Waals surface area contributed by atoms with E-state index >= 15 is 0 Å². The van der Waals surface area contributed by atoms with Gasteiger partial charge in [0, 0.05) is 0 Å². The molecular formula is C20H23Cl2O3SZr. The zero-order chi connectivity index (χ0) is 18.5. The van der Waals surface area contributed by atoms with E-state index < -0.39 is 10.1 Å². The quantitative estimate of drug-likeness (QED) is 0.551. The molecule has 0 unspecified atom stereocenters. The van der Waals surface area contributed by atoms with Crippen molar-refractivity contribution < 1.29 is 37.7 Å². The van der Waals surface area contributed by atoms with Crippen LogP contribution in [-0.4, -0.2) is 13.0 Å². The van der Waals surface area contributed by atoms with E-state index in [4.69, 9.17) is 0 Å². The Bertz CT molecular complexity index is 970. The summed E-state index contributed by atoms with van der Waals surface area (Å²) in [7, 11) is -4.29. The predicted molar refractivity (Wildman–Crippen MR) is 111 cm³/mol. The first-order valence-electron chi connectivity index (χ1n) is 8.34. The van der Waals surface area contributed by atoms with E-state index in [1.165, 1.54) is 0 Å². The van der Waals surface area contributed by atoms with Gasteiger partial charge in [0.1, 0.15) is 0 Å². The van der Waals surface area contributed by atoms with Gasteiger partial charge in [-0.15, -0.1) is 24.8 Å². The van der Waals surface area contributed by atoms with E-state index in [0.717, 1.165) is 55.9 Å². The van der Waals surface area contributed by atoms with Crippen LogP contribution in [0.2, 0.25) is 0 Å². The fraction of sp³-hybridized carbons (Fsp3) is 0.300. The van der Waals surface area contributed by atoms with Crippen molar-refractivity contribution >= 4 is 40.5 Å². The first kappa shape index (κ1) is 24.6. The molecule has 7 heteroatoms. The van der Waals surface area contributed by atoms with Crippen LogP contribution in [0.25, 0.3) is 5.57 Å². The minimum atomic E-state index is -4.29. The zero-order valence-electron chi connectivity index (χ0n) is 15.6. The van der Waals surface area contributed by atoms with E-state index in [1.807, 2.05) is 44.2 Å². The summed E-state index contributed by atoms with van der Waals surface area (Å²) < 4.78 is 35.6. The van der Waals surface area contributed by atoms with Crippen LogP contribution in [0, 0.1) is 11.8 Å². The van der Waals surface area contributed by atoms with Gasteiger partial charge in [0.25, 0.3) is 0 Å². The molecule has 0 amide bonds. The van der Waals surface area contributed by atoms with Crippen LogP contribution in [0.1, 0.15) is 33.3 Å². The summed E-state index contributed by atoms with van der Waals surface area (Å²) in [5, 5.41) is 0. The molecule has 0 spiro atoms. The first-order chi connectivity index (χ1) is 11.6. The van der Waals surface area contributed by atoms with Crippen LogP contribution in [0.4, 0.5) is 0 Å². The van der Waals surface area contributed by atoms with E-state index in [1.54, 1.807) is 0 Å². The van der Waals surface area contributed by atoms with Crippen molar-refractivity contribution in [2.75, 3.05) is 0 Å². The molecule has 145 valence electrons. The summed E-state index contributed by atoms with van der Waals surface area (Å²) in [5.74, 6) is 0.195. The standard InChI is InChI=1S/C20H21O3S.2ClH.Zr/c1-12(2)15-10-17(14-8-6-5-7-9-14)18-11-16(13(3)4)20(19(15)18)24(21,22)23;;;/h5-10,12-13H,1-4H3,(H,21,22,23);2*1H;. The molecule has 0 atom stereocenters. The second kappa shape index (κ2) is 8.92. The maximum absolute atomic E-state index is 12.3. The van der Waals surface area contributed by atoms with E-state index in [0.29, 0.717) is 5.57 Å². The topological polar surface area (TPSA) is 54.4 Å². The summed E-state index contributed by atoms with van der Waals surface area (Å²) in [4.78, 5) is 0.121. The van der Waals surface area contributed by atoms with Crippen LogP contribution in [0.3, 0.4) is 0 Å². The molecule has 1 aromatic rings. The molecule has 0 saturated heterocycles. The Morgan fingerprint density at radius 1 is 0.926 bits per heavy atom. The predicted octanol–water partition coefficient (Wildman–Crippen LogP) is 5.49. The third-order valence-corrected chi connectivity index (χ3v) is 6.86. The van der Waals surface area contributed by atoms with Gasteiger partial charge in [0.15, 0.2) is 0 Å². The molecule has 0 fully saturated rings. The monoisotopic (exact) mass is 503 g/mol. The SMILES string of the molecule is CC(C)C1=C2C(=[C]([Zr])C(C(C)C)=C2S(=O)(=O)O)C(c2ccccc2)=C1.Cl.Cl. The van der Waals surface area contributed by atoms with Gasteiger partial charge in [-0.3, -0.25) is 0 Å². The van der Waals surface area contributed by atoms with E-state index in [2.05, 4.69) is 19.9 Å². The molecule has 3 nitrogen and oxygen atoms in total. The van der Waals surface area contributed by atoms with Crippen molar-refractivity contribution in [2.24, 2.45) is 11.8 Å². The number of hydrogen-bond acceptors (Lipinski definition) is 2. The van der Waals surface area contributed by atoms with Gasteiger partial charge in [-0.1, -0.05) is 0 Å². The largest absolute Gasteiger partial charge is 0.147 e. The summed E-state index contributed by atoms with van der Waals surface area (Å²) in [6, 6.07) is 10.0. The van der Waals surface area contributed by atoms with Gasteiger partial charge in [-0.05, 0) is 0 Å². The van der Waals surface area contributed by atoms with Crippen LogP contribution in [0.15, 0.2) is 66.9 Å². The summed E-state index contributed by atoms with van der Waals surface area (Å²) in [6.07, 6.45) is 2.09. The maximum Gasteiger partial charge on any atom is -0.147 e. The zero-order valence-corrected chi connectivity index (χ0v) is 20.5. The average Bonchev–Trinajstić information content (AvgIpc) is 3.04. The van der Waals surface area contributed by atoms with Gasteiger partial charge >= 0.3 is 165 Å². The molecule has 0 radical (unpaired) electrons. The number of benzene rings is 1. The summed E-state index contributed by atoms with van der Waals surface area (Å²) in [6.45, 7) is 8.07. The smallest absolute Gasteiger partial charge is 0.147 e. The van der Waals surface area contributed by atoms with E-state index in [9.17, 15) is 13.0 Å². The Labute approximate surface area is 189 Å². The minimum absolute atomic E-state index is 0. The Kier molecular flexibility index (Phi) is 8.13. The number of allylic oxidation sites excluding steroid dienone is 7. The van der Waals surface area contributed by atoms with Gasteiger partial charge in [0.05, 0.1) is 0 Å². The minimum Gasteiger partial charge on any atom is -0.147 e. The average molecular weight is 506 g/mol. The van der Waals surface area contributed by atoms with Gasteiger partial charge < -0.3 is 0 Å². The molecule has 3 rings (SSSR count). The van der Waals surface area contributed by atoms with Crippen LogP contribution in [0.5, 0.6) is 0 Å². The van der Waals surface area contributed by atoms with E-state index in [-0.39, 0.29) is 41.6 Å². The molecule has 0 aliphatic heterocycles. The molecule has 0 heterocycles. The molecule has 0 aromatic heterocycles. The Balaban J connectivity index is 0.00000182. The van der Waals surface area contributed by atoms with Gasteiger partial charge in [-0.2, -0.15) is 0 Å². The van der Waals surface area contributed by atoms with Crippen LogP contribution >= 0.6 is 24.8 Å². The van der Waals surface area contributed by atoms with Gasteiger partial charge in [0.2, 0.25) is 0 Å². The number of halogens is 2. The fourth-order valence-electron chi connectivity index (χ4n) is 3.59. The third kappa shape index (κ3) is 4.28.